The van der Waals surface area contributed by atoms with Crippen molar-refractivity contribution in [2.24, 2.45) is 0 Å². The zero-order valence-electron chi connectivity index (χ0n) is 23.7. The zero-order chi connectivity index (χ0) is 29.2. The molecule has 0 aliphatic carbocycles. The first-order valence-electron chi connectivity index (χ1n) is 13.3. The van der Waals surface area contributed by atoms with Gasteiger partial charge in [-0.25, -0.2) is 23.6 Å². The predicted octanol–water partition coefficient (Wildman–Crippen LogP) is 1.05. The normalized spacial score (nSPS) is 12.3. The van der Waals surface area contributed by atoms with Crippen molar-refractivity contribution in [1.82, 2.24) is 23.6 Å². The lowest BCUT2D eigenvalue weighted by Crippen LogP contribution is -2.68. The highest BCUT2D eigenvalue weighted by atomic mass is 35.7. The van der Waals surface area contributed by atoms with E-state index in [4.69, 9.17) is 23.6 Å². The van der Waals surface area contributed by atoms with E-state index in [0.29, 0.717) is 11.7 Å². The Morgan fingerprint density at radius 3 is 1.56 bits per heavy atom. The summed E-state index contributed by atoms with van der Waals surface area (Å²) < 4.78 is 43.8. The van der Waals surface area contributed by atoms with Crippen LogP contribution in [0.5, 0.6) is 0 Å². The fraction of sp³-hybridized carbons (Fsp3) is 0.481. The van der Waals surface area contributed by atoms with Crippen LogP contribution in [0.15, 0.2) is 59.4 Å². The van der Waals surface area contributed by atoms with Crippen LogP contribution in [-0.4, -0.2) is 62.8 Å². The van der Waals surface area contributed by atoms with Crippen LogP contribution >= 0.6 is 7.71 Å². The van der Waals surface area contributed by atoms with E-state index in [1.54, 1.807) is 0 Å². The van der Waals surface area contributed by atoms with Gasteiger partial charge in [0.05, 0.1) is 10.9 Å². The van der Waals surface area contributed by atoms with E-state index in [1.165, 1.54) is 0 Å². The van der Waals surface area contributed by atoms with E-state index < -0.39 is 18.0 Å². The smallest absolute Gasteiger partial charge is 0.264 e. The molecule has 0 N–H and O–H groups in total. The van der Waals surface area contributed by atoms with E-state index in [2.05, 4.69) is 67.7 Å². The molecule has 0 unspecified atom stereocenters. The first kappa shape index (κ1) is 33.2. The number of benzene rings is 2. The summed E-state index contributed by atoms with van der Waals surface area (Å²) in [7, 11) is -7.02. The van der Waals surface area contributed by atoms with Crippen molar-refractivity contribution < 1.29 is 28.9 Å². The van der Waals surface area contributed by atoms with Crippen LogP contribution in [0, 0.1) is 10.2 Å². The Labute approximate surface area is 234 Å². The minimum atomic E-state index is -4.94. The molecule has 0 atom stereocenters. The number of rotatable bonds is 12. The van der Waals surface area contributed by atoms with Crippen LogP contribution in [0.3, 0.4) is 0 Å². The number of halogens is 1. The minimum absolute atomic E-state index is 0.0419. The van der Waals surface area contributed by atoms with Crippen LogP contribution in [0.1, 0.15) is 41.5 Å². The summed E-state index contributed by atoms with van der Waals surface area (Å²) in [5, 5.41) is 0.680. The maximum atomic E-state index is 14.1. The molecule has 0 aliphatic heterocycles. The summed E-state index contributed by atoms with van der Waals surface area (Å²) in [4.78, 5) is 19.1. The Morgan fingerprint density at radius 2 is 1.13 bits per heavy atom. The van der Waals surface area contributed by atoms with Crippen molar-refractivity contribution in [3.05, 3.63) is 65.0 Å². The third-order valence-electron chi connectivity index (χ3n) is 6.77. The Morgan fingerprint density at radius 1 is 0.718 bits per heavy atom. The number of fused-ring (bicyclic) bond motifs is 1. The second kappa shape index (κ2) is 15.1. The van der Waals surface area contributed by atoms with Crippen molar-refractivity contribution in [1.29, 1.82) is 0 Å². The second-order valence-corrected chi connectivity index (χ2v) is 12.8. The SMILES string of the molecule is CCN(CC)[P+](Cn1c(-c2ccccc2)nc2ccccc2c1=O)(N(CC)CC)N(CC)CC.[O-][Cl+3]([O-])([O-])[O-]. The van der Waals surface area contributed by atoms with Gasteiger partial charge in [-0.2, -0.15) is 0 Å². The van der Waals surface area contributed by atoms with Gasteiger partial charge in [0.2, 0.25) is 7.71 Å². The van der Waals surface area contributed by atoms with E-state index in [9.17, 15) is 4.79 Å². The molecular formula is C27H41ClN5O5P. The summed E-state index contributed by atoms with van der Waals surface area (Å²) in [6.07, 6.45) is 0.624. The van der Waals surface area contributed by atoms with Crippen molar-refractivity contribution >= 4 is 18.6 Å². The highest BCUT2D eigenvalue weighted by Gasteiger charge is 2.54. The van der Waals surface area contributed by atoms with Crippen LogP contribution in [0.2, 0.25) is 0 Å². The maximum Gasteiger partial charge on any atom is 0.264 e. The van der Waals surface area contributed by atoms with Crippen molar-refractivity contribution in [3.8, 4) is 11.4 Å². The van der Waals surface area contributed by atoms with Crippen molar-refractivity contribution in [2.45, 2.75) is 47.8 Å². The fourth-order valence-corrected chi connectivity index (χ4v) is 10.1. The quantitative estimate of drug-likeness (QED) is 0.287. The number of nitrogens with zero attached hydrogens (tertiary/aromatic N) is 5. The van der Waals surface area contributed by atoms with Gasteiger partial charge in [-0.3, -0.25) is 9.36 Å². The van der Waals surface area contributed by atoms with E-state index >= 15 is 0 Å². The molecule has 0 fully saturated rings. The zero-order valence-corrected chi connectivity index (χ0v) is 25.4. The molecule has 39 heavy (non-hydrogen) atoms. The summed E-state index contributed by atoms with van der Waals surface area (Å²) in [6.45, 7) is 19.1. The Hall–Kier alpha value is -1.98. The Kier molecular flexibility index (Phi) is 12.9. The van der Waals surface area contributed by atoms with Gasteiger partial charge in [0, 0.05) is 44.8 Å². The number of aromatic nitrogens is 2. The lowest BCUT2D eigenvalue weighted by molar-refractivity contribution is -2.00. The van der Waals surface area contributed by atoms with Gasteiger partial charge in [0.15, 0.2) is 6.29 Å². The highest BCUT2D eigenvalue weighted by Crippen LogP contribution is 2.68. The molecule has 1 aromatic heterocycles. The molecule has 0 aliphatic rings. The van der Waals surface area contributed by atoms with Gasteiger partial charge in [0.1, 0.15) is 5.82 Å². The number of para-hydroxylation sites is 1. The topological polar surface area (TPSA) is 137 Å². The van der Waals surface area contributed by atoms with Gasteiger partial charge in [-0.1, -0.05) is 42.5 Å². The van der Waals surface area contributed by atoms with Crippen LogP contribution in [0.25, 0.3) is 22.3 Å². The van der Waals surface area contributed by atoms with E-state index in [1.807, 2.05) is 47.0 Å². The average molecular weight is 582 g/mol. The standard InChI is InChI=1S/C27H41N5OP.ClHO4/c1-7-29(8-2)34(30(9-3)10-4,31(11-5)12-6)22-32-26(23-18-14-13-15-19-23)28-25-21-17-16-20-24(25)27(32)33;2-1(3,4)5/h13-21H,7-12,22H2,1-6H3;(H,2,3,4,5)/q+1;/p-1. The van der Waals surface area contributed by atoms with Crippen molar-refractivity contribution in [2.75, 3.05) is 39.3 Å². The molecular weight excluding hydrogens is 541 g/mol. The molecule has 216 valence electrons. The lowest BCUT2D eigenvalue weighted by atomic mass is 10.2. The first-order valence-corrected chi connectivity index (χ1v) is 16.4. The van der Waals surface area contributed by atoms with Gasteiger partial charge < -0.3 is 0 Å². The second-order valence-electron chi connectivity index (χ2n) is 8.68. The maximum absolute atomic E-state index is 14.1. The molecule has 0 saturated carbocycles. The molecule has 0 bridgehead atoms. The molecule has 10 nitrogen and oxygen atoms in total. The monoisotopic (exact) mass is 581 g/mol. The molecule has 0 amide bonds. The van der Waals surface area contributed by atoms with Gasteiger partial charge in [0.25, 0.3) is 5.56 Å². The van der Waals surface area contributed by atoms with Gasteiger partial charge in [-0.15, -0.1) is 24.3 Å². The Bertz CT molecular complexity index is 1180. The van der Waals surface area contributed by atoms with E-state index in [0.717, 1.165) is 56.2 Å². The Balaban J connectivity index is 0.000000976. The minimum Gasteiger partial charge on any atom is -0.268 e. The lowest BCUT2D eigenvalue weighted by Gasteiger charge is -2.46. The molecule has 0 saturated heterocycles. The summed E-state index contributed by atoms with van der Waals surface area (Å²) in [5.41, 5.74) is 1.77. The number of hydrogen-bond donors (Lipinski definition) is 0. The molecule has 2 aromatic carbocycles. The first-order chi connectivity index (χ1) is 18.5. The highest BCUT2D eigenvalue weighted by molar-refractivity contribution is 7.68. The fourth-order valence-electron chi connectivity index (χ4n) is 5.13. The average Bonchev–Trinajstić information content (AvgIpc) is 2.91. The summed E-state index contributed by atoms with van der Waals surface area (Å²) >= 11 is 0. The van der Waals surface area contributed by atoms with Gasteiger partial charge in [-0.05, 0) is 53.7 Å². The van der Waals surface area contributed by atoms with E-state index in [-0.39, 0.29) is 5.56 Å². The molecule has 3 rings (SSSR count). The third-order valence-corrected chi connectivity index (χ3v) is 11.9. The predicted molar refractivity (Wildman–Crippen MR) is 147 cm³/mol. The molecule has 0 radical (unpaired) electrons. The van der Waals surface area contributed by atoms with Gasteiger partial charge >= 0.3 is 0 Å². The third kappa shape index (κ3) is 8.04. The van der Waals surface area contributed by atoms with Crippen LogP contribution in [-0.2, 0) is 6.29 Å². The summed E-state index contributed by atoms with van der Waals surface area (Å²) in [6, 6.07) is 17.9. The number of hydrogen-bond acceptors (Lipinski definition) is 9. The molecule has 1 heterocycles. The largest absolute Gasteiger partial charge is 0.268 e. The van der Waals surface area contributed by atoms with Crippen LogP contribution in [0.4, 0.5) is 0 Å². The molecule has 3 aromatic rings. The molecule has 0 spiro atoms. The molecule has 12 heteroatoms. The summed E-state index contributed by atoms with van der Waals surface area (Å²) in [5.74, 6) is 0.750. The van der Waals surface area contributed by atoms with Crippen molar-refractivity contribution in [3.63, 3.8) is 0 Å². The van der Waals surface area contributed by atoms with Crippen LogP contribution < -0.4 is 24.2 Å².